The van der Waals surface area contributed by atoms with Crippen LogP contribution in [0.1, 0.15) is 16.2 Å². The fourth-order valence-electron chi connectivity index (χ4n) is 3.42. The van der Waals surface area contributed by atoms with Gasteiger partial charge < -0.3 is 19.2 Å². The van der Waals surface area contributed by atoms with E-state index in [1.807, 2.05) is 34.9 Å². The molecule has 0 aliphatic carbocycles. The van der Waals surface area contributed by atoms with Crippen LogP contribution in [0.4, 0.5) is 0 Å². The van der Waals surface area contributed by atoms with Gasteiger partial charge in [0.1, 0.15) is 17.5 Å². The van der Waals surface area contributed by atoms with E-state index in [1.165, 1.54) is 0 Å². The number of aromatic nitrogens is 1. The summed E-state index contributed by atoms with van der Waals surface area (Å²) in [5.41, 5.74) is 1.56. The topological polar surface area (TPSA) is 67.5 Å². The fraction of sp³-hybridized carbons (Fsp3) is 0.200. The maximum absolute atomic E-state index is 13.0. The highest BCUT2D eigenvalue weighted by Crippen LogP contribution is 2.26. The lowest BCUT2D eigenvalue weighted by molar-refractivity contribution is -0.126. The van der Waals surface area contributed by atoms with Crippen LogP contribution in [0.5, 0.6) is 0 Å². The highest BCUT2D eigenvalue weighted by molar-refractivity contribution is 6.02. The summed E-state index contributed by atoms with van der Waals surface area (Å²) < 4.78 is 7.18. The van der Waals surface area contributed by atoms with Gasteiger partial charge in [0.2, 0.25) is 5.91 Å². The van der Waals surface area contributed by atoms with Crippen LogP contribution in [-0.2, 0) is 17.9 Å². The molecule has 132 valence electrons. The van der Waals surface area contributed by atoms with Gasteiger partial charge in [-0.05, 0) is 24.3 Å². The fourth-order valence-corrected chi connectivity index (χ4v) is 3.42. The minimum Gasteiger partial charge on any atom is -0.467 e. The number of rotatable bonds is 5. The average molecular weight is 349 g/mol. The van der Waals surface area contributed by atoms with Gasteiger partial charge in [-0.2, -0.15) is 0 Å². The monoisotopic (exact) mass is 349 g/mol. The summed E-state index contributed by atoms with van der Waals surface area (Å²) in [7, 11) is 0. The van der Waals surface area contributed by atoms with Gasteiger partial charge in [-0.15, -0.1) is 6.58 Å². The third-order valence-corrected chi connectivity index (χ3v) is 4.67. The van der Waals surface area contributed by atoms with Crippen LogP contribution < -0.4 is 5.32 Å². The molecule has 1 atom stereocenters. The van der Waals surface area contributed by atoms with Crippen LogP contribution in [0.25, 0.3) is 10.9 Å². The van der Waals surface area contributed by atoms with Crippen molar-refractivity contribution in [1.82, 2.24) is 14.8 Å². The summed E-state index contributed by atoms with van der Waals surface area (Å²) in [5, 5.41) is 3.85. The molecule has 1 aliphatic rings. The number of furan rings is 1. The zero-order chi connectivity index (χ0) is 18.1. The Morgan fingerprint density at radius 3 is 2.92 bits per heavy atom. The molecule has 6 nitrogen and oxygen atoms in total. The Morgan fingerprint density at radius 1 is 1.31 bits per heavy atom. The smallest absolute Gasteiger partial charge is 0.271 e. The zero-order valence-corrected chi connectivity index (χ0v) is 14.2. The van der Waals surface area contributed by atoms with Crippen LogP contribution in [0, 0.1) is 0 Å². The minimum absolute atomic E-state index is 0.162. The molecule has 1 aromatic carbocycles. The second-order valence-electron chi connectivity index (χ2n) is 6.26. The molecule has 2 amide bonds. The SMILES string of the molecule is C=CCN1C(=O)c2cc3ccccc3n2C[C@H]1C(=O)NCc1ccco1. The highest BCUT2D eigenvalue weighted by atomic mass is 16.3. The average Bonchev–Trinajstić information content (AvgIpc) is 3.29. The van der Waals surface area contributed by atoms with Gasteiger partial charge in [-0.1, -0.05) is 24.3 Å². The Bertz CT molecular complexity index is 972. The lowest BCUT2D eigenvalue weighted by Gasteiger charge is -2.35. The van der Waals surface area contributed by atoms with Crippen LogP contribution in [0.2, 0.25) is 0 Å². The number of amides is 2. The molecule has 0 spiro atoms. The molecule has 0 radical (unpaired) electrons. The molecule has 4 rings (SSSR count). The molecule has 1 aliphatic heterocycles. The number of carbonyl (C=O) groups is 2. The Balaban J connectivity index is 1.65. The van der Waals surface area contributed by atoms with E-state index in [-0.39, 0.29) is 18.4 Å². The summed E-state index contributed by atoms with van der Waals surface area (Å²) in [4.78, 5) is 27.3. The van der Waals surface area contributed by atoms with E-state index in [2.05, 4.69) is 11.9 Å². The van der Waals surface area contributed by atoms with Crippen molar-refractivity contribution in [2.45, 2.75) is 19.1 Å². The Morgan fingerprint density at radius 2 is 2.15 bits per heavy atom. The molecular weight excluding hydrogens is 330 g/mol. The lowest BCUT2D eigenvalue weighted by atomic mass is 10.1. The van der Waals surface area contributed by atoms with Gasteiger partial charge in [-0.3, -0.25) is 9.59 Å². The van der Waals surface area contributed by atoms with Crippen molar-refractivity contribution in [3.8, 4) is 0 Å². The van der Waals surface area contributed by atoms with Gasteiger partial charge in [0, 0.05) is 17.4 Å². The van der Waals surface area contributed by atoms with E-state index in [9.17, 15) is 9.59 Å². The third kappa shape index (κ3) is 2.69. The van der Waals surface area contributed by atoms with E-state index in [0.717, 1.165) is 10.9 Å². The first-order valence-corrected chi connectivity index (χ1v) is 8.49. The van der Waals surface area contributed by atoms with Gasteiger partial charge in [0.25, 0.3) is 5.91 Å². The van der Waals surface area contributed by atoms with Crippen molar-refractivity contribution >= 4 is 22.7 Å². The molecule has 0 unspecified atom stereocenters. The van der Waals surface area contributed by atoms with Crippen LogP contribution in [0.15, 0.2) is 65.8 Å². The molecule has 0 saturated heterocycles. The summed E-state index contributed by atoms with van der Waals surface area (Å²) in [6.45, 7) is 4.74. The molecule has 2 aromatic heterocycles. The molecule has 3 aromatic rings. The van der Waals surface area contributed by atoms with Crippen molar-refractivity contribution in [2.75, 3.05) is 6.54 Å². The Hall–Kier alpha value is -3.28. The maximum atomic E-state index is 13.0. The lowest BCUT2D eigenvalue weighted by Crippen LogP contribution is -2.55. The predicted molar refractivity (Wildman–Crippen MR) is 97.5 cm³/mol. The van der Waals surface area contributed by atoms with Crippen molar-refractivity contribution in [3.63, 3.8) is 0 Å². The number of nitrogens with zero attached hydrogens (tertiary/aromatic N) is 2. The van der Waals surface area contributed by atoms with Crippen LogP contribution in [0.3, 0.4) is 0 Å². The van der Waals surface area contributed by atoms with Gasteiger partial charge in [0.15, 0.2) is 0 Å². The van der Waals surface area contributed by atoms with Crippen LogP contribution in [-0.4, -0.2) is 33.9 Å². The van der Waals surface area contributed by atoms with Crippen molar-refractivity contribution in [3.05, 3.63) is 72.8 Å². The highest BCUT2D eigenvalue weighted by Gasteiger charge is 2.37. The zero-order valence-electron chi connectivity index (χ0n) is 14.2. The summed E-state index contributed by atoms with van der Waals surface area (Å²) in [6, 6.07) is 12.7. The minimum atomic E-state index is -0.598. The van der Waals surface area contributed by atoms with E-state index < -0.39 is 6.04 Å². The Kier molecular flexibility index (Phi) is 4.08. The summed E-state index contributed by atoms with van der Waals surface area (Å²) >= 11 is 0. The van der Waals surface area contributed by atoms with E-state index in [4.69, 9.17) is 4.42 Å². The molecule has 26 heavy (non-hydrogen) atoms. The number of benzene rings is 1. The van der Waals surface area contributed by atoms with Crippen LogP contribution >= 0.6 is 0 Å². The third-order valence-electron chi connectivity index (χ3n) is 4.67. The normalized spacial score (nSPS) is 16.5. The van der Waals surface area contributed by atoms with Gasteiger partial charge in [0.05, 0.1) is 19.4 Å². The molecular formula is C20H19N3O3. The van der Waals surface area contributed by atoms with Gasteiger partial charge in [-0.25, -0.2) is 0 Å². The van der Waals surface area contributed by atoms with Gasteiger partial charge >= 0.3 is 0 Å². The van der Waals surface area contributed by atoms with E-state index >= 15 is 0 Å². The molecule has 0 saturated carbocycles. The number of fused-ring (bicyclic) bond motifs is 3. The predicted octanol–water partition coefficient (Wildman–Crippen LogP) is 2.56. The Labute approximate surface area is 150 Å². The molecule has 6 heteroatoms. The molecule has 1 N–H and O–H groups in total. The quantitative estimate of drug-likeness (QED) is 0.720. The van der Waals surface area contributed by atoms with Crippen molar-refractivity contribution in [1.29, 1.82) is 0 Å². The number of hydrogen-bond donors (Lipinski definition) is 1. The number of carbonyl (C=O) groups excluding carboxylic acids is 2. The molecule has 0 fully saturated rings. The second-order valence-corrected chi connectivity index (χ2v) is 6.26. The molecule has 3 heterocycles. The summed E-state index contributed by atoms with van der Waals surface area (Å²) in [5.74, 6) is 0.299. The standard InChI is InChI=1S/C20H19N3O3/c1-2-9-22-18(19(24)21-12-15-7-5-10-26-15)13-23-16-8-4-3-6-14(16)11-17(23)20(22)25/h2-8,10-11,18H,1,9,12-13H2,(H,21,24)/t18-/m0/s1. The largest absolute Gasteiger partial charge is 0.467 e. The first kappa shape index (κ1) is 16.2. The maximum Gasteiger partial charge on any atom is 0.271 e. The number of nitrogens with one attached hydrogen (secondary N) is 1. The number of para-hydroxylation sites is 1. The second kappa shape index (κ2) is 6.55. The van der Waals surface area contributed by atoms with Crippen molar-refractivity contribution in [2.24, 2.45) is 0 Å². The molecule has 0 bridgehead atoms. The van der Waals surface area contributed by atoms with E-state index in [1.54, 1.807) is 29.4 Å². The number of hydrogen-bond acceptors (Lipinski definition) is 3. The first-order valence-electron chi connectivity index (χ1n) is 8.49. The summed E-state index contributed by atoms with van der Waals surface area (Å²) in [6.07, 6.45) is 3.21. The van der Waals surface area contributed by atoms with Crippen molar-refractivity contribution < 1.29 is 14.0 Å². The van der Waals surface area contributed by atoms with E-state index in [0.29, 0.717) is 24.5 Å². The first-order chi connectivity index (χ1) is 12.7.